The van der Waals surface area contributed by atoms with E-state index in [4.69, 9.17) is 10.2 Å². The molecule has 140 valence electrons. The van der Waals surface area contributed by atoms with E-state index in [1.165, 1.54) is 16.2 Å². The summed E-state index contributed by atoms with van der Waals surface area (Å²) >= 11 is 1.48. The molecule has 0 bridgehead atoms. The smallest absolute Gasteiger partial charge is 0.251 e. The number of carbonyl (C=O) groups excluding carboxylic acids is 2. The van der Waals surface area contributed by atoms with Crippen molar-refractivity contribution >= 4 is 39.1 Å². The SMILES string of the molecule is Cc1ccc2c(CC(=O)Nc3sc4c(c3C(N)=O)CCCC4)coc2c1C. The van der Waals surface area contributed by atoms with E-state index < -0.39 is 5.91 Å². The highest BCUT2D eigenvalue weighted by atomic mass is 32.1. The summed E-state index contributed by atoms with van der Waals surface area (Å²) in [6.45, 7) is 4.05. The average Bonchev–Trinajstić information content (AvgIpc) is 3.19. The summed E-state index contributed by atoms with van der Waals surface area (Å²) in [5.74, 6) is -0.637. The van der Waals surface area contributed by atoms with Crippen molar-refractivity contribution in [3.05, 3.63) is 51.1 Å². The van der Waals surface area contributed by atoms with Gasteiger partial charge in [-0.3, -0.25) is 9.59 Å². The average molecular weight is 382 g/mol. The lowest BCUT2D eigenvalue weighted by molar-refractivity contribution is -0.115. The van der Waals surface area contributed by atoms with Gasteiger partial charge in [0.2, 0.25) is 5.91 Å². The number of thiophene rings is 1. The predicted octanol–water partition coefficient (Wildman–Crippen LogP) is 4.27. The zero-order valence-electron chi connectivity index (χ0n) is 15.5. The van der Waals surface area contributed by atoms with Crippen LogP contribution in [0.5, 0.6) is 0 Å². The predicted molar refractivity (Wildman–Crippen MR) is 108 cm³/mol. The Morgan fingerprint density at radius 1 is 1.22 bits per heavy atom. The number of hydrogen-bond donors (Lipinski definition) is 2. The van der Waals surface area contributed by atoms with Gasteiger partial charge in [0.15, 0.2) is 0 Å². The van der Waals surface area contributed by atoms with Crippen LogP contribution < -0.4 is 11.1 Å². The number of rotatable bonds is 4. The summed E-state index contributed by atoms with van der Waals surface area (Å²) in [7, 11) is 0. The first-order chi connectivity index (χ1) is 13.0. The molecule has 0 unspecified atom stereocenters. The van der Waals surface area contributed by atoms with Crippen LogP contribution in [0.1, 0.15) is 50.3 Å². The summed E-state index contributed by atoms with van der Waals surface area (Å²) in [6.07, 6.45) is 5.80. The van der Waals surface area contributed by atoms with Gasteiger partial charge >= 0.3 is 0 Å². The van der Waals surface area contributed by atoms with Crippen LogP contribution in [0.2, 0.25) is 0 Å². The number of nitrogens with two attached hydrogens (primary N) is 1. The van der Waals surface area contributed by atoms with Crippen LogP contribution in [-0.2, 0) is 24.1 Å². The van der Waals surface area contributed by atoms with Gasteiger partial charge in [0.25, 0.3) is 5.91 Å². The second-order valence-corrected chi connectivity index (χ2v) is 8.25. The van der Waals surface area contributed by atoms with Crippen LogP contribution in [0.25, 0.3) is 11.0 Å². The molecule has 0 radical (unpaired) electrons. The van der Waals surface area contributed by atoms with E-state index in [0.29, 0.717) is 10.6 Å². The first-order valence-electron chi connectivity index (χ1n) is 9.16. The van der Waals surface area contributed by atoms with Crippen LogP contribution >= 0.6 is 11.3 Å². The van der Waals surface area contributed by atoms with Gasteiger partial charge in [0, 0.05) is 15.8 Å². The van der Waals surface area contributed by atoms with Crippen molar-refractivity contribution in [1.29, 1.82) is 0 Å². The highest BCUT2D eigenvalue weighted by Gasteiger charge is 2.25. The van der Waals surface area contributed by atoms with Crippen LogP contribution in [0.4, 0.5) is 5.00 Å². The Hall–Kier alpha value is -2.60. The Labute approximate surface area is 161 Å². The molecule has 2 aromatic heterocycles. The minimum Gasteiger partial charge on any atom is -0.464 e. The minimum atomic E-state index is -0.468. The van der Waals surface area contributed by atoms with E-state index in [9.17, 15) is 9.59 Å². The third-order valence-electron chi connectivity index (χ3n) is 5.36. The van der Waals surface area contributed by atoms with Gasteiger partial charge in [-0.1, -0.05) is 12.1 Å². The molecule has 0 saturated heterocycles. The van der Waals surface area contributed by atoms with Crippen LogP contribution in [0, 0.1) is 13.8 Å². The standard InChI is InChI=1S/C21H22N2O3S/c1-11-7-8-14-13(10-26-19(14)12(11)2)9-17(24)23-21-18(20(22)25)15-5-3-4-6-16(15)27-21/h7-8,10H,3-6,9H2,1-2H3,(H2,22,25)(H,23,24). The fourth-order valence-electron chi connectivity index (χ4n) is 3.78. The Kier molecular flexibility index (Phi) is 4.52. The van der Waals surface area contributed by atoms with Crippen molar-refractivity contribution < 1.29 is 14.0 Å². The molecular formula is C21H22N2O3S. The lowest BCUT2D eigenvalue weighted by Gasteiger charge is -2.11. The molecule has 0 saturated carbocycles. The quantitative estimate of drug-likeness (QED) is 0.706. The van der Waals surface area contributed by atoms with Crippen molar-refractivity contribution in [3.8, 4) is 0 Å². The molecule has 0 fully saturated rings. The fourth-order valence-corrected chi connectivity index (χ4v) is 5.09. The molecule has 0 spiro atoms. The summed E-state index contributed by atoms with van der Waals surface area (Å²) in [4.78, 5) is 25.8. The number of carbonyl (C=O) groups is 2. The zero-order chi connectivity index (χ0) is 19.1. The molecule has 0 atom stereocenters. The molecule has 4 rings (SSSR count). The van der Waals surface area contributed by atoms with Gasteiger partial charge in [0.05, 0.1) is 18.2 Å². The van der Waals surface area contributed by atoms with Gasteiger partial charge in [0.1, 0.15) is 10.6 Å². The topological polar surface area (TPSA) is 85.3 Å². The van der Waals surface area contributed by atoms with Crippen molar-refractivity contribution in [2.24, 2.45) is 5.73 Å². The lowest BCUT2D eigenvalue weighted by Crippen LogP contribution is -2.19. The number of hydrogen-bond acceptors (Lipinski definition) is 4. The van der Waals surface area contributed by atoms with Crippen molar-refractivity contribution in [2.45, 2.75) is 46.0 Å². The molecule has 1 aliphatic rings. The molecule has 3 N–H and O–H groups in total. The van der Waals surface area contributed by atoms with E-state index >= 15 is 0 Å². The first-order valence-corrected chi connectivity index (χ1v) is 9.98. The Morgan fingerprint density at radius 2 is 2.00 bits per heavy atom. The largest absolute Gasteiger partial charge is 0.464 e. The van der Waals surface area contributed by atoms with Crippen LogP contribution in [-0.4, -0.2) is 11.8 Å². The van der Waals surface area contributed by atoms with Gasteiger partial charge < -0.3 is 15.5 Å². The second-order valence-electron chi connectivity index (χ2n) is 7.15. The molecule has 1 aliphatic carbocycles. The van der Waals surface area contributed by atoms with E-state index in [1.54, 1.807) is 6.26 Å². The zero-order valence-corrected chi connectivity index (χ0v) is 16.3. The Balaban J connectivity index is 1.60. The number of amides is 2. The molecule has 5 nitrogen and oxygen atoms in total. The third kappa shape index (κ3) is 3.14. The van der Waals surface area contributed by atoms with E-state index in [0.717, 1.165) is 58.9 Å². The van der Waals surface area contributed by atoms with Gasteiger partial charge in [-0.05, 0) is 56.2 Å². The maximum absolute atomic E-state index is 12.7. The van der Waals surface area contributed by atoms with E-state index in [1.807, 2.05) is 26.0 Å². The van der Waals surface area contributed by atoms with Crippen LogP contribution in [0.3, 0.4) is 0 Å². The minimum absolute atomic E-state index is 0.169. The first kappa shape index (κ1) is 17.8. The van der Waals surface area contributed by atoms with Crippen molar-refractivity contribution in [2.75, 3.05) is 5.32 Å². The highest BCUT2D eigenvalue weighted by Crippen LogP contribution is 2.38. The molecule has 3 aromatic rings. The van der Waals surface area contributed by atoms with Gasteiger partial charge in [-0.15, -0.1) is 11.3 Å². The fraction of sp³-hybridized carbons (Fsp3) is 0.333. The lowest BCUT2D eigenvalue weighted by atomic mass is 9.95. The van der Waals surface area contributed by atoms with Crippen molar-refractivity contribution in [3.63, 3.8) is 0 Å². The number of furan rings is 1. The number of primary amides is 1. The molecule has 2 heterocycles. The molecule has 2 amide bonds. The summed E-state index contributed by atoms with van der Waals surface area (Å²) in [5.41, 5.74) is 11.0. The number of nitrogens with one attached hydrogen (secondary N) is 1. The molecule has 6 heteroatoms. The number of aryl methyl sites for hydroxylation is 3. The normalized spacial score (nSPS) is 13.6. The Morgan fingerprint density at radius 3 is 2.78 bits per heavy atom. The van der Waals surface area contributed by atoms with Crippen molar-refractivity contribution in [1.82, 2.24) is 0 Å². The Bertz CT molecular complexity index is 1060. The maximum atomic E-state index is 12.7. The molecule has 27 heavy (non-hydrogen) atoms. The van der Waals surface area contributed by atoms with Crippen LogP contribution in [0.15, 0.2) is 22.8 Å². The second kappa shape index (κ2) is 6.85. The molecular weight excluding hydrogens is 360 g/mol. The maximum Gasteiger partial charge on any atom is 0.251 e. The summed E-state index contributed by atoms with van der Waals surface area (Å²) in [6, 6.07) is 4.02. The highest BCUT2D eigenvalue weighted by molar-refractivity contribution is 7.17. The van der Waals surface area contributed by atoms with Gasteiger partial charge in [-0.25, -0.2) is 0 Å². The number of anilines is 1. The van der Waals surface area contributed by atoms with E-state index in [2.05, 4.69) is 5.32 Å². The summed E-state index contributed by atoms with van der Waals surface area (Å²) < 4.78 is 5.69. The number of benzene rings is 1. The monoisotopic (exact) mass is 382 g/mol. The van der Waals surface area contributed by atoms with E-state index in [-0.39, 0.29) is 12.3 Å². The third-order valence-corrected chi connectivity index (χ3v) is 6.57. The molecule has 1 aromatic carbocycles. The molecule has 0 aliphatic heterocycles. The number of fused-ring (bicyclic) bond motifs is 2. The summed E-state index contributed by atoms with van der Waals surface area (Å²) in [5, 5.41) is 4.45. The van der Waals surface area contributed by atoms with Gasteiger partial charge in [-0.2, -0.15) is 0 Å².